The molecule has 0 saturated heterocycles. The van der Waals surface area contributed by atoms with E-state index in [4.69, 9.17) is 5.11 Å². The highest BCUT2D eigenvalue weighted by Gasteiger charge is 2.08. The first-order valence-electron chi connectivity index (χ1n) is 12.0. The van der Waals surface area contributed by atoms with E-state index in [0.29, 0.717) is 11.1 Å². The minimum absolute atomic E-state index is 0.130. The van der Waals surface area contributed by atoms with Gasteiger partial charge in [0, 0.05) is 10.6 Å². The molecule has 2 rings (SSSR count). The van der Waals surface area contributed by atoms with Crippen LogP contribution in [-0.4, -0.2) is 27.9 Å². The molecule has 0 heterocycles. The molecule has 0 bridgehead atoms. The van der Waals surface area contributed by atoms with Gasteiger partial charge in [-0.25, -0.2) is 9.59 Å². The van der Waals surface area contributed by atoms with Crippen molar-refractivity contribution in [3.8, 4) is 0 Å². The zero-order valence-corrected chi connectivity index (χ0v) is 22.6. The van der Waals surface area contributed by atoms with Crippen LogP contribution in [0.1, 0.15) is 69.3 Å². The summed E-state index contributed by atoms with van der Waals surface area (Å²) < 4.78 is 0. The van der Waals surface area contributed by atoms with Gasteiger partial charge in [0.1, 0.15) is 0 Å². The van der Waals surface area contributed by atoms with Crippen LogP contribution in [0.5, 0.6) is 0 Å². The highest BCUT2D eigenvalue weighted by Crippen LogP contribution is 2.23. The van der Waals surface area contributed by atoms with Crippen LogP contribution < -0.4 is 0 Å². The number of hydrogen-bond acceptors (Lipinski definition) is 3. The molecule has 2 N–H and O–H groups in total. The average molecular weight is 507 g/mol. The lowest BCUT2D eigenvalue weighted by Gasteiger charge is -2.04. The molecule has 0 spiro atoms. The van der Waals surface area contributed by atoms with Crippen molar-refractivity contribution >= 4 is 29.3 Å². The Hall–Kier alpha value is -3.31. The Morgan fingerprint density at radius 3 is 1.94 bits per heavy atom. The highest BCUT2D eigenvalue weighted by molar-refractivity contribution is 7.99. The van der Waals surface area contributed by atoms with E-state index in [2.05, 4.69) is 52.5 Å². The van der Waals surface area contributed by atoms with Gasteiger partial charge in [0.15, 0.2) is 0 Å². The largest absolute Gasteiger partial charge is 0.478 e. The molecule has 0 fully saturated rings. The number of carboxylic acid groups (broad SMARTS) is 2. The van der Waals surface area contributed by atoms with Gasteiger partial charge in [-0.2, -0.15) is 0 Å². The van der Waals surface area contributed by atoms with Crippen LogP contribution in [0.4, 0.5) is 0 Å². The van der Waals surface area contributed by atoms with Gasteiger partial charge in [-0.05, 0) is 71.1 Å². The van der Waals surface area contributed by atoms with Gasteiger partial charge in [0.05, 0.1) is 11.1 Å². The Bertz CT molecular complexity index is 1090. The summed E-state index contributed by atoms with van der Waals surface area (Å²) in [5, 5.41) is 17.7. The number of hydrogen-bond donors (Lipinski definition) is 2. The molecule has 2 aromatic carbocycles. The van der Waals surface area contributed by atoms with Gasteiger partial charge in [-0.1, -0.05) is 84.0 Å². The quantitative estimate of drug-likeness (QED) is 0.171. The molecule has 5 heteroatoms. The number of rotatable bonds is 12. The van der Waals surface area contributed by atoms with E-state index in [1.54, 1.807) is 48.2 Å². The van der Waals surface area contributed by atoms with Crippen molar-refractivity contribution in [1.82, 2.24) is 0 Å². The van der Waals surface area contributed by atoms with Crippen molar-refractivity contribution < 1.29 is 19.8 Å². The van der Waals surface area contributed by atoms with Crippen molar-refractivity contribution in [2.45, 2.75) is 58.3 Å². The fourth-order valence-corrected chi connectivity index (χ4v) is 4.18. The molecule has 0 atom stereocenters. The molecule has 36 heavy (non-hydrogen) atoms. The second-order valence-electron chi connectivity index (χ2n) is 8.72. The smallest absolute Gasteiger partial charge is 0.336 e. The molecule has 0 amide bonds. The summed E-state index contributed by atoms with van der Waals surface area (Å²) in [4.78, 5) is 22.4. The number of thioether (sulfide) groups is 1. The number of aromatic carboxylic acids is 1. The van der Waals surface area contributed by atoms with Crippen LogP contribution in [0.25, 0.3) is 5.57 Å². The molecule has 0 aromatic heterocycles. The maximum atomic E-state index is 11.2. The minimum atomic E-state index is -0.976. The molecule has 0 aliphatic rings. The van der Waals surface area contributed by atoms with Crippen LogP contribution in [0.15, 0.2) is 101 Å². The third-order valence-electron chi connectivity index (χ3n) is 5.29. The van der Waals surface area contributed by atoms with Crippen LogP contribution in [-0.2, 0) is 4.79 Å². The Morgan fingerprint density at radius 1 is 0.806 bits per heavy atom. The maximum absolute atomic E-state index is 11.2. The standard InChI is InChI=1S/C22H30O2S.C9H8O2/c1-17(2)9-7-10-18(3)11-8-12-19(4)15-16-25-21-14-6-5-13-20(21)22(23)24;1-7(9(10)11)8-5-3-2-4-6-8/h5-6,9,11,13-15H,7-8,10,12,16H2,1-4H3,(H,23,24);2-6H,1H2,(H,10,11). The average Bonchev–Trinajstić information content (AvgIpc) is 2.84. The van der Waals surface area contributed by atoms with Crippen molar-refractivity contribution in [2.75, 3.05) is 5.75 Å². The summed E-state index contributed by atoms with van der Waals surface area (Å²) in [6.07, 6.45) is 11.2. The molecule has 0 unspecified atom stereocenters. The highest BCUT2D eigenvalue weighted by atomic mass is 32.2. The maximum Gasteiger partial charge on any atom is 0.336 e. The summed E-state index contributed by atoms with van der Waals surface area (Å²) >= 11 is 1.58. The van der Waals surface area contributed by atoms with E-state index in [1.807, 2.05) is 18.2 Å². The number of benzene rings is 2. The third-order valence-corrected chi connectivity index (χ3v) is 6.29. The normalized spacial score (nSPS) is 11.2. The van der Waals surface area contributed by atoms with E-state index in [0.717, 1.165) is 36.3 Å². The second kappa shape index (κ2) is 17.2. The van der Waals surface area contributed by atoms with Crippen LogP contribution in [0.2, 0.25) is 0 Å². The summed E-state index contributed by atoms with van der Waals surface area (Å²) in [6, 6.07) is 16.0. The molecular weight excluding hydrogens is 468 g/mol. The van der Waals surface area contributed by atoms with Gasteiger partial charge in [0.25, 0.3) is 0 Å². The van der Waals surface area contributed by atoms with Gasteiger partial charge in [-0.15, -0.1) is 11.8 Å². The molecule has 0 aliphatic carbocycles. The molecule has 2 aromatic rings. The fraction of sp³-hybridized carbons (Fsp3) is 0.290. The lowest BCUT2D eigenvalue weighted by Crippen LogP contribution is -1.98. The summed E-state index contributed by atoms with van der Waals surface area (Å²) in [6.45, 7) is 12.1. The molecule has 192 valence electrons. The van der Waals surface area contributed by atoms with E-state index >= 15 is 0 Å². The van der Waals surface area contributed by atoms with Crippen LogP contribution in [0.3, 0.4) is 0 Å². The molecule has 4 nitrogen and oxygen atoms in total. The van der Waals surface area contributed by atoms with Gasteiger partial charge in [0.2, 0.25) is 0 Å². The first kappa shape index (κ1) is 30.7. The van der Waals surface area contributed by atoms with E-state index in [1.165, 1.54) is 16.7 Å². The predicted molar refractivity (Wildman–Crippen MR) is 153 cm³/mol. The Balaban J connectivity index is 0.000000488. The SMILES string of the molecule is C=C(C(=O)O)c1ccccc1.CC(C)=CCCC(C)=CCCC(C)=CCSc1ccccc1C(=O)O. The molecular formula is C31H38O4S. The zero-order chi connectivity index (χ0) is 26.9. The van der Waals surface area contributed by atoms with Gasteiger partial charge >= 0.3 is 11.9 Å². The number of allylic oxidation sites excluding steroid dienone is 5. The first-order valence-corrected chi connectivity index (χ1v) is 13.0. The van der Waals surface area contributed by atoms with Crippen molar-refractivity contribution in [2.24, 2.45) is 0 Å². The van der Waals surface area contributed by atoms with E-state index < -0.39 is 11.9 Å². The lowest BCUT2D eigenvalue weighted by molar-refractivity contribution is -0.130. The minimum Gasteiger partial charge on any atom is -0.478 e. The van der Waals surface area contributed by atoms with E-state index in [-0.39, 0.29) is 5.57 Å². The topological polar surface area (TPSA) is 74.6 Å². The summed E-state index contributed by atoms with van der Waals surface area (Å²) in [5.41, 5.74) is 5.36. The number of carbonyl (C=O) groups is 2. The molecule has 0 aliphatic heterocycles. The number of aliphatic carboxylic acids is 1. The Kier molecular flexibility index (Phi) is 14.7. The lowest BCUT2D eigenvalue weighted by atomic mass is 10.1. The van der Waals surface area contributed by atoms with Gasteiger partial charge < -0.3 is 10.2 Å². The van der Waals surface area contributed by atoms with E-state index in [9.17, 15) is 14.7 Å². The first-order chi connectivity index (χ1) is 17.1. The fourth-order valence-electron chi connectivity index (χ4n) is 3.14. The van der Waals surface area contributed by atoms with Crippen molar-refractivity contribution in [3.05, 3.63) is 107 Å². The third kappa shape index (κ3) is 13.0. The van der Waals surface area contributed by atoms with Crippen LogP contribution >= 0.6 is 11.8 Å². The summed E-state index contributed by atoms with van der Waals surface area (Å²) in [5.74, 6) is -1.03. The summed E-state index contributed by atoms with van der Waals surface area (Å²) in [7, 11) is 0. The van der Waals surface area contributed by atoms with Crippen molar-refractivity contribution in [1.29, 1.82) is 0 Å². The number of carboxylic acids is 2. The second-order valence-corrected chi connectivity index (χ2v) is 9.78. The van der Waals surface area contributed by atoms with Crippen molar-refractivity contribution in [3.63, 3.8) is 0 Å². The van der Waals surface area contributed by atoms with Gasteiger partial charge in [-0.3, -0.25) is 0 Å². The molecule has 0 radical (unpaired) electrons. The predicted octanol–water partition coefficient (Wildman–Crippen LogP) is 8.68. The zero-order valence-electron chi connectivity index (χ0n) is 21.8. The monoisotopic (exact) mass is 506 g/mol. The molecule has 0 saturated carbocycles. The Morgan fingerprint density at radius 2 is 1.36 bits per heavy atom. The Labute approximate surface area is 220 Å². The van der Waals surface area contributed by atoms with Crippen LogP contribution in [0, 0.1) is 0 Å².